The minimum absolute atomic E-state index is 0.0642. The number of ether oxygens (including phenoxy) is 3. The molecule has 3 N–H and O–H groups in total. The van der Waals surface area contributed by atoms with Crippen LogP contribution in [-0.4, -0.2) is 107 Å². The molecule has 1 unspecified atom stereocenters. The summed E-state index contributed by atoms with van der Waals surface area (Å²) >= 11 is 0. The van der Waals surface area contributed by atoms with Gasteiger partial charge in [-0.3, -0.25) is 19.1 Å². The summed E-state index contributed by atoms with van der Waals surface area (Å²) in [6.07, 6.45) is -9.06. The summed E-state index contributed by atoms with van der Waals surface area (Å²) < 4.78 is 119. The van der Waals surface area contributed by atoms with Crippen LogP contribution in [0.4, 0.5) is 26.7 Å². The maximum Gasteiger partial charge on any atom is 0.428 e. The van der Waals surface area contributed by atoms with Gasteiger partial charge in [0.25, 0.3) is 5.91 Å². The highest BCUT2D eigenvalue weighted by molar-refractivity contribution is 7.91. The number of hydrogen-bond donors (Lipinski definition) is 3. The highest BCUT2D eigenvalue weighted by atomic mass is 32.2. The zero-order chi connectivity index (χ0) is 46.8. The van der Waals surface area contributed by atoms with Gasteiger partial charge in [-0.1, -0.05) is 40.5 Å². The second-order valence-electron chi connectivity index (χ2n) is 19.4. The van der Waals surface area contributed by atoms with E-state index in [0.29, 0.717) is 41.7 Å². The number of benzene rings is 1. The molecule has 64 heavy (non-hydrogen) atoms. The lowest BCUT2D eigenvalue weighted by Gasteiger charge is -2.39. The first-order valence-corrected chi connectivity index (χ1v) is 23.4. The van der Waals surface area contributed by atoms with Crippen LogP contribution in [0.1, 0.15) is 111 Å². The molecule has 2 aliphatic heterocycles. The van der Waals surface area contributed by atoms with E-state index in [-0.39, 0.29) is 57.4 Å². The van der Waals surface area contributed by atoms with Crippen LogP contribution in [0.3, 0.4) is 0 Å². The zero-order valence-corrected chi connectivity index (χ0v) is 37.6. The van der Waals surface area contributed by atoms with Crippen LogP contribution in [-0.2, 0) is 35.6 Å². The van der Waals surface area contributed by atoms with Crippen molar-refractivity contribution < 1.29 is 63.8 Å². The maximum atomic E-state index is 15.1. The minimum Gasteiger partial charge on any atom is -0.497 e. The Morgan fingerprint density at radius 2 is 1.73 bits per heavy atom. The number of hydrogen-bond acceptors (Lipinski definition) is 11. The van der Waals surface area contributed by atoms with E-state index in [1.807, 2.05) is 4.72 Å². The van der Waals surface area contributed by atoms with E-state index in [4.69, 9.17) is 24.2 Å². The smallest absolute Gasteiger partial charge is 0.428 e. The number of nitrogens with one attached hydrogen (secondary N) is 3. The number of sulfonamides is 1. The second kappa shape index (κ2) is 17.0. The SMILES string of the molecule is CC[C@@H]1[C@@H]2CN(C(=O)[C@H](C(C)(C)C)NC(=O)O[C@]3(C(F)(F)F)CCCC3CCCCCc3nc4ccc(OC)cc4nc3O2)[C@@H]1C(=O)N[C@]1(C(=O)NS(=O)(=O)C2(C)CC2)C[C@H]1C(F)F. The monoisotopic (exact) mass is 928 g/mol. The summed E-state index contributed by atoms with van der Waals surface area (Å²) in [5, 5.41) is 4.82. The molecule has 2 aromatic rings. The van der Waals surface area contributed by atoms with E-state index < -0.39 is 117 Å². The van der Waals surface area contributed by atoms with Gasteiger partial charge >= 0.3 is 12.3 Å². The van der Waals surface area contributed by atoms with Crippen molar-refractivity contribution in [3.63, 3.8) is 0 Å². The number of halogens is 5. The molecule has 1 saturated heterocycles. The number of nitrogens with zero attached hydrogens (tertiary/aromatic N) is 3. The third-order valence-electron chi connectivity index (χ3n) is 14.0. The van der Waals surface area contributed by atoms with Crippen molar-refractivity contribution in [2.45, 2.75) is 158 Å². The van der Waals surface area contributed by atoms with E-state index in [2.05, 4.69) is 10.6 Å². The number of carbonyl (C=O) groups is 4. The normalized spacial score (nSPS) is 31.1. The van der Waals surface area contributed by atoms with Gasteiger partial charge in [0.15, 0.2) is 0 Å². The van der Waals surface area contributed by atoms with E-state index in [1.54, 1.807) is 45.9 Å². The van der Waals surface area contributed by atoms with Crippen molar-refractivity contribution in [3.05, 3.63) is 23.9 Å². The first-order chi connectivity index (χ1) is 29.9. The molecule has 2 bridgehead atoms. The first-order valence-electron chi connectivity index (χ1n) is 22.0. The quantitative estimate of drug-likeness (QED) is 0.258. The number of alkyl carbamates (subject to hydrolysis) is 1. The zero-order valence-electron chi connectivity index (χ0n) is 36.8. The fourth-order valence-corrected chi connectivity index (χ4v) is 11.1. The van der Waals surface area contributed by atoms with Gasteiger partial charge in [0, 0.05) is 17.9 Å². The van der Waals surface area contributed by atoms with Crippen LogP contribution in [0.5, 0.6) is 11.6 Å². The number of methoxy groups -OCH3 is 1. The molecule has 3 aliphatic carbocycles. The molecule has 7 rings (SSSR count). The van der Waals surface area contributed by atoms with Crippen molar-refractivity contribution in [2.24, 2.45) is 23.2 Å². The van der Waals surface area contributed by atoms with Crippen LogP contribution >= 0.6 is 0 Å². The predicted octanol–water partition coefficient (Wildman–Crippen LogP) is 6.12. The Balaban J connectivity index is 1.31. The summed E-state index contributed by atoms with van der Waals surface area (Å²) in [6, 6.07) is 1.85. The molecule has 1 aromatic carbocycles. The number of rotatable bonds is 8. The van der Waals surface area contributed by atoms with Crippen LogP contribution in [0, 0.1) is 23.2 Å². The van der Waals surface area contributed by atoms with Gasteiger partial charge in [-0.2, -0.15) is 13.2 Å². The minimum atomic E-state index is -4.94. The molecule has 15 nitrogen and oxygen atoms in total. The molecule has 8 atom stereocenters. The summed E-state index contributed by atoms with van der Waals surface area (Å²) in [7, 11) is -2.85. The van der Waals surface area contributed by atoms with Gasteiger partial charge < -0.3 is 29.7 Å². The molecule has 3 heterocycles. The summed E-state index contributed by atoms with van der Waals surface area (Å²) in [4.78, 5) is 68.0. The molecule has 0 spiro atoms. The van der Waals surface area contributed by atoms with E-state index >= 15 is 18.0 Å². The molecule has 4 fully saturated rings. The first kappa shape index (κ1) is 47.4. The largest absolute Gasteiger partial charge is 0.497 e. The molecule has 0 radical (unpaired) electrons. The Morgan fingerprint density at radius 1 is 1.03 bits per heavy atom. The molecule has 3 saturated carbocycles. The van der Waals surface area contributed by atoms with Gasteiger partial charge in [0.2, 0.25) is 39.7 Å². The molecule has 354 valence electrons. The van der Waals surface area contributed by atoms with Gasteiger partial charge in [-0.05, 0) is 88.7 Å². The maximum absolute atomic E-state index is 15.1. The van der Waals surface area contributed by atoms with Gasteiger partial charge in [0.1, 0.15) is 35.2 Å². The molecular formula is C43H57F5N6O9S. The average molecular weight is 929 g/mol. The number of alkyl halides is 5. The van der Waals surface area contributed by atoms with Gasteiger partial charge in [-0.15, -0.1) is 0 Å². The second-order valence-corrected chi connectivity index (χ2v) is 21.6. The van der Waals surface area contributed by atoms with Crippen LogP contribution in [0.15, 0.2) is 18.2 Å². The standard InChI is InChI=1S/C43H57F5N6O9S/c1-7-25-30-22-54(31(25)34(55)52-41(21-26(41)33(44)45)37(57)53-64(59,60)40(5)18-19-40)36(56)32(39(2,3)4)51-38(58)63-42(43(46,47)48)17-11-13-23(42)12-9-8-10-14-28-35(62-30)50-29-20-24(61-6)15-16-27(29)49-28/h15-16,20,23,25-26,30-33H,7-14,17-19,21-22H2,1-6H3,(H,51,58)(H,52,55)(H,53,57)/t23?,25-,26+,30+,31+,32-,41-,42-/m1/s1. The Labute approximate surface area is 368 Å². The summed E-state index contributed by atoms with van der Waals surface area (Å²) in [5.41, 5.74) is -5.11. The van der Waals surface area contributed by atoms with Crippen LogP contribution in [0.25, 0.3) is 11.0 Å². The van der Waals surface area contributed by atoms with Crippen molar-refractivity contribution in [3.8, 4) is 11.6 Å². The Hall–Kier alpha value is -4.56. The molecular weight excluding hydrogens is 872 g/mol. The highest BCUT2D eigenvalue weighted by Crippen LogP contribution is 2.52. The van der Waals surface area contributed by atoms with Crippen molar-refractivity contribution >= 4 is 44.9 Å². The lowest BCUT2D eigenvalue weighted by molar-refractivity contribution is -0.271. The fourth-order valence-electron chi connectivity index (χ4n) is 9.74. The van der Waals surface area contributed by atoms with Crippen LogP contribution in [0.2, 0.25) is 0 Å². The fraction of sp³-hybridized carbons (Fsp3) is 0.721. The lowest BCUT2D eigenvalue weighted by atomic mass is 9.85. The predicted molar refractivity (Wildman–Crippen MR) is 221 cm³/mol. The van der Waals surface area contributed by atoms with Gasteiger partial charge in [0.05, 0.1) is 35.4 Å². The van der Waals surface area contributed by atoms with E-state index in [0.717, 1.165) is 4.90 Å². The Bertz CT molecular complexity index is 2270. The molecule has 5 aliphatic rings. The summed E-state index contributed by atoms with van der Waals surface area (Å²) in [6.45, 7) is 7.39. The highest BCUT2D eigenvalue weighted by Gasteiger charge is 2.68. The van der Waals surface area contributed by atoms with Crippen molar-refractivity contribution in [1.82, 2.24) is 30.2 Å². The third kappa shape index (κ3) is 8.77. The number of amides is 4. The average Bonchev–Trinajstić information content (AvgIpc) is 4.06. The Kier molecular flexibility index (Phi) is 12.6. The lowest BCUT2D eigenvalue weighted by Crippen LogP contribution is -2.62. The van der Waals surface area contributed by atoms with Crippen molar-refractivity contribution in [2.75, 3.05) is 13.7 Å². The number of carbonyl (C=O) groups excluding carboxylic acids is 4. The Morgan fingerprint density at radius 3 is 2.34 bits per heavy atom. The topological polar surface area (TPSA) is 195 Å². The number of aryl methyl sites for hydroxylation is 1. The number of fused-ring (bicyclic) bond motifs is 5. The molecule has 21 heteroatoms. The van der Waals surface area contributed by atoms with Crippen molar-refractivity contribution in [1.29, 1.82) is 0 Å². The van der Waals surface area contributed by atoms with Gasteiger partial charge in [-0.25, -0.2) is 32.0 Å². The summed E-state index contributed by atoms with van der Waals surface area (Å²) in [5.74, 6) is -6.60. The van der Waals surface area contributed by atoms with E-state index in [1.165, 1.54) is 14.0 Å². The van der Waals surface area contributed by atoms with E-state index in [9.17, 15) is 31.6 Å². The third-order valence-corrected chi connectivity index (χ3v) is 16.2. The van der Waals surface area contributed by atoms with Crippen LogP contribution < -0.4 is 24.8 Å². The molecule has 4 amide bonds. The number of aromatic nitrogens is 2. The molecule has 1 aromatic heterocycles.